The fourth-order valence-corrected chi connectivity index (χ4v) is 4.65. The van der Waals surface area contributed by atoms with E-state index >= 15 is 0 Å². The van der Waals surface area contributed by atoms with Crippen molar-refractivity contribution in [2.75, 3.05) is 4.72 Å². The third-order valence-electron chi connectivity index (χ3n) is 5.09. The first-order valence-electron chi connectivity index (χ1n) is 9.55. The Hall–Kier alpha value is -3.11. The van der Waals surface area contributed by atoms with Crippen molar-refractivity contribution >= 4 is 38.4 Å². The average Bonchev–Trinajstić information content (AvgIpc) is 3.39. The fourth-order valence-electron chi connectivity index (χ4n) is 3.28. The number of hydrogen-bond donors (Lipinski definition) is 1. The molecule has 0 aliphatic heterocycles. The highest BCUT2D eigenvalue weighted by Gasteiger charge is 2.30. The molecule has 5 rings (SSSR count). The number of oxazole rings is 1. The number of nitrogens with zero attached hydrogens (tertiary/aromatic N) is 3. The predicted octanol–water partition coefficient (Wildman–Crippen LogP) is 3.67. The van der Waals surface area contributed by atoms with Crippen LogP contribution in [0, 0.1) is 6.92 Å². The van der Waals surface area contributed by atoms with E-state index in [4.69, 9.17) is 20.5 Å². The molecule has 0 spiro atoms. The lowest BCUT2D eigenvalue weighted by atomic mass is 10.2. The van der Waals surface area contributed by atoms with Crippen LogP contribution in [0.1, 0.15) is 36.0 Å². The van der Waals surface area contributed by atoms with E-state index < -0.39 is 15.8 Å². The molecule has 0 saturated heterocycles. The second kappa shape index (κ2) is 7.24. The highest BCUT2D eigenvalue weighted by atomic mass is 35.5. The van der Waals surface area contributed by atoms with Gasteiger partial charge in [0.25, 0.3) is 10.0 Å². The van der Waals surface area contributed by atoms with E-state index in [1.165, 1.54) is 22.8 Å². The summed E-state index contributed by atoms with van der Waals surface area (Å²) in [5.41, 5.74) is 1.67. The van der Waals surface area contributed by atoms with Crippen LogP contribution in [0.3, 0.4) is 0 Å². The van der Waals surface area contributed by atoms with E-state index in [0.29, 0.717) is 39.4 Å². The van der Waals surface area contributed by atoms with Gasteiger partial charge in [0.15, 0.2) is 11.4 Å². The molecule has 1 N–H and O–H groups in total. The minimum Gasteiger partial charge on any atom is -0.408 e. The summed E-state index contributed by atoms with van der Waals surface area (Å²) in [5.74, 6) is 0.614. The van der Waals surface area contributed by atoms with Gasteiger partial charge < -0.3 is 8.94 Å². The minimum atomic E-state index is -3.91. The first-order chi connectivity index (χ1) is 14.8. The first kappa shape index (κ1) is 19.8. The summed E-state index contributed by atoms with van der Waals surface area (Å²) in [6.07, 6.45) is 2.05. The van der Waals surface area contributed by atoms with Crippen LogP contribution in [0.15, 0.2) is 55.0 Å². The summed E-state index contributed by atoms with van der Waals surface area (Å²) < 4.78 is 40.0. The molecule has 0 atom stereocenters. The van der Waals surface area contributed by atoms with Gasteiger partial charge in [0.2, 0.25) is 5.89 Å². The summed E-state index contributed by atoms with van der Waals surface area (Å²) in [7, 11) is -3.91. The standard InChI is InChI=1S/C20H17ClN4O5S/c1-11-8-13(21)4-6-15(11)24-31(27,28)14-5-7-16-17(9-14)29-20(26)25(16)10-18-22-19(30-23-18)12-2-3-12/h4-9,12,24H,2-3,10H2,1H3. The van der Waals surface area contributed by atoms with Crippen molar-refractivity contribution in [2.45, 2.75) is 37.1 Å². The summed E-state index contributed by atoms with van der Waals surface area (Å²) in [6, 6.07) is 9.09. The van der Waals surface area contributed by atoms with Crippen LogP contribution in [-0.4, -0.2) is 23.1 Å². The Kier molecular flexibility index (Phi) is 4.63. The Bertz CT molecular complexity index is 1470. The average molecular weight is 461 g/mol. The Morgan fingerprint density at radius 2 is 2.03 bits per heavy atom. The molecule has 0 radical (unpaired) electrons. The summed E-state index contributed by atoms with van der Waals surface area (Å²) >= 11 is 5.93. The van der Waals surface area contributed by atoms with Crippen LogP contribution in [0.2, 0.25) is 5.02 Å². The van der Waals surface area contributed by atoms with Crippen molar-refractivity contribution in [3.63, 3.8) is 0 Å². The molecule has 1 saturated carbocycles. The first-order valence-corrected chi connectivity index (χ1v) is 11.4. The Balaban J connectivity index is 1.45. The van der Waals surface area contributed by atoms with Gasteiger partial charge in [-0.1, -0.05) is 16.8 Å². The van der Waals surface area contributed by atoms with Crippen molar-refractivity contribution in [1.82, 2.24) is 14.7 Å². The number of nitrogens with one attached hydrogen (secondary N) is 1. The number of fused-ring (bicyclic) bond motifs is 1. The lowest BCUT2D eigenvalue weighted by molar-refractivity contribution is 0.372. The van der Waals surface area contributed by atoms with E-state index in [1.54, 1.807) is 25.1 Å². The van der Waals surface area contributed by atoms with Crippen LogP contribution in [0.4, 0.5) is 5.69 Å². The largest absolute Gasteiger partial charge is 0.420 e. The van der Waals surface area contributed by atoms with E-state index in [2.05, 4.69) is 14.9 Å². The monoisotopic (exact) mass is 460 g/mol. The quantitative estimate of drug-likeness (QED) is 0.466. The molecule has 1 aliphatic rings. The Morgan fingerprint density at radius 3 is 2.77 bits per heavy atom. The number of aryl methyl sites for hydroxylation is 1. The minimum absolute atomic E-state index is 0.0363. The van der Waals surface area contributed by atoms with Crippen molar-refractivity contribution < 1.29 is 17.4 Å². The zero-order valence-corrected chi connectivity index (χ0v) is 17.9. The molecule has 1 aliphatic carbocycles. The molecule has 2 heterocycles. The van der Waals surface area contributed by atoms with Crippen molar-refractivity contribution in [1.29, 1.82) is 0 Å². The Labute approximate surface area is 181 Å². The van der Waals surface area contributed by atoms with Gasteiger partial charge in [-0.3, -0.25) is 9.29 Å². The molecule has 11 heteroatoms. The summed E-state index contributed by atoms with van der Waals surface area (Å²) in [6.45, 7) is 1.81. The molecule has 9 nitrogen and oxygen atoms in total. The number of halogens is 1. The second-order valence-electron chi connectivity index (χ2n) is 7.47. The number of benzene rings is 2. The Morgan fingerprint density at radius 1 is 1.23 bits per heavy atom. The van der Waals surface area contributed by atoms with E-state index in [1.807, 2.05) is 0 Å². The molecule has 1 fully saturated rings. The van der Waals surface area contributed by atoms with E-state index in [-0.39, 0.29) is 17.0 Å². The third kappa shape index (κ3) is 3.84. The highest BCUT2D eigenvalue weighted by molar-refractivity contribution is 7.92. The molecule has 0 amide bonds. The van der Waals surface area contributed by atoms with E-state index in [0.717, 1.165) is 12.8 Å². The lowest BCUT2D eigenvalue weighted by Crippen LogP contribution is -2.16. The SMILES string of the molecule is Cc1cc(Cl)ccc1NS(=O)(=O)c1ccc2c(c1)oc(=O)n2Cc1noc(C2CC2)n1. The molecule has 2 aromatic carbocycles. The van der Waals surface area contributed by atoms with Gasteiger partial charge in [0.05, 0.1) is 22.6 Å². The second-order valence-corrected chi connectivity index (χ2v) is 9.59. The summed E-state index contributed by atoms with van der Waals surface area (Å²) in [4.78, 5) is 16.6. The highest BCUT2D eigenvalue weighted by Crippen LogP contribution is 2.38. The van der Waals surface area contributed by atoms with Gasteiger partial charge in [-0.2, -0.15) is 4.98 Å². The maximum Gasteiger partial charge on any atom is 0.420 e. The predicted molar refractivity (Wildman–Crippen MR) is 113 cm³/mol. The maximum atomic E-state index is 12.8. The van der Waals surface area contributed by atoms with Gasteiger partial charge in [-0.05, 0) is 55.7 Å². The smallest absolute Gasteiger partial charge is 0.408 e. The van der Waals surface area contributed by atoms with Gasteiger partial charge in [0.1, 0.15) is 0 Å². The molecule has 160 valence electrons. The van der Waals surface area contributed by atoms with Gasteiger partial charge in [0, 0.05) is 17.0 Å². The number of anilines is 1. The lowest BCUT2D eigenvalue weighted by Gasteiger charge is -2.11. The molecule has 0 bridgehead atoms. The normalized spacial score (nSPS) is 14.3. The van der Waals surface area contributed by atoms with Gasteiger partial charge in [-0.25, -0.2) is 13.2 Å². The zero-order chi connectivity index (χ0) is 21.8. The van der Waals surface area contributed by atoms with Crippen molar-refractivity contribution in [3.8, 4) is 0 Å². The molecule has 31 heavy (non-hydrogen) atoms. The van der Waals surface area contributed by atoms with Crippen molar-refractivity contribution in [2.24, 2.45) is 0 Å². The topological polar surface area (TPSA) is 120 Å². The van der Waals surface area contributed by atoms with Gasteiger partial charge >= 0.3 is 5.76 Å². The molecule has 4 aromatic rings. The maximum absolute atomic E-state index is 12.8. The molecular weight excluding hydrogens is 444 g/mol. The van der Waals surface area contributed by atoms with E-state index in [9.17, 15) is 13.2 Å². The fraction of sp³-hybridized carbons (Fsp3) is 0.250. The number of hydrogen-bond acceptors (Lipinski definition) is 7. The summed E-state index contributed by atoms with van der Waals surface area (Å²) in [5, 5.41) is 4.43. The number of sulfonamides is 1. The van der Waals surface area contributed by atoms with Crippen LogP contribution >= 0.6 is 11.6 Å². The number of rotatable bonds is 6. The van der Waals surface area contributed by atoms with Crippen LogP contribution in [0.5, 0.6) is 0 Å². The molecule has 0 unspecified atom stereocenters. The van der Waals surface area contributed by atoms with Crippen LogP contribution in [-0.2, 0) is 16.6 Å². The zero-order valence-electron chi connectivity index (χ0n) is 16.3. The molecule has 2 aromatic heterocycles. The van der Waals surface area contributed by atoms with Crippen molar-refractivity contribution in [3.05, 3.63) is 69.3 Å². The van der Waals surface area contributed by atoms with Crippen LogP contribution < -0.4 is 10.5 Å². The van der Waals surface area contributed by atoms with Crippen LogP contribution in [0.25, 0.3) is 11.1 Å². The van der Waals surface area contributed by atoms with Gasteiger partial charge in [-0.15, -0.1) is 0 Å². The third-order valence-corrected chi connectivity index (χ3v) is 6.69. The molecular formula is C20H17ClN4O5S. The number of aromatic nitrogens is 3.